The summed E-state index contributed by atoms with van der Waals surface area (Å²) in [5.74, 6) is 0. The molecule has 1 N–H and O–H groups in total. The number of likely N-dealkylation sites (tertiary alicyclic amines) is 1. The smallest absolute Gasteiger partial charge is 0.129 e. The molecule has 1 fully saturated rings. The Morgan fingerprint density at radius 1 is 0.931 bits per heavy atom. The van der Waals surface area contributed by atoms with Crippen LogP contribution in [-0.4, -0.2) is 42.0 Å². The van der Waals surface area contributed by atoms with E-state index in [1.807, 2.05) is 36.4 Å². The van der Waals surface area contributed by atoms with Gasteiger partial charge in [-0.3, -0.25) is 4.90 Å². The van der Waals surface area contributed by atoms with Gasteiger partial charge in [0.25, 0.3) is 0 Å². The van der Waals surface area contributed by atoms with E-state index < -0.39 is 0 Å². The second-order valence-corrected chi connectivity index (χ2v) is 7.20. The normalized spacial score (nSPS) is 14.7. The molecule has 0 unspecified atom stereocenters. The van der Waals surface area contributed by atoms with E-state index in [1.54, 1.807) is 0 Å². The molecule has 1 aliphatic rings. The molecular formula is C25H30N2O2. The summed E-state index contributed by atoms with van der Waals surface area (Å²) < 4.78 is 0. The molecule has 152 valence electrons. The van der Waals surface area contributed by atoms with Gasteiger partial charge in [-0.15, -0.1) is 0 Å². The summed E-state index contributed by atoms with van der Waals surface area (Å²) in [6, 6.07) is 22.4. The lowest BCUT2D eigenvalue weighted by Crippen LogP contribution is -2.23. The minimum atomic E-state index is 0. The fourth-order valence-corrected chi connectivity index (χ4v) is 3.74. The summed E-state index contributed by atoms with van der Waals surface area (Å²) in [5, 5.41) is 16.2. The van der Waals surface area contributed by atoms with Crippen molar-refractivity contribution in [2.45, 2.75) is 26.9 Å². The number of hydrogen-bond acceptors (Lipinski definition) is 4. The molecule has 4 nitrogen and oxygen atoms in total. The van der Waals surface area contributed by atoms with E-state index in [2.05, 4.69) is 40.4 Å². The molecule has 1 aliphatic heterocycles. The van der Waals surface area contributed by atoms with Gasteiger partial charge in [-0.2, -0.15) is 0 Å². The van der Waals surface area contributed by atoms with Crippen molar-refractivity contribution in [1.29, 1.82) is 0 Å². The Bertz CT molecular complexity index is 939. The highest BCUT2D eigenvalue weighted by atomic mass is 16.6. The molecule has 0 atom stereocenters. The molecule has 3 aromatic rings. The minimum absolute atomic E-state index is 0. The van der Waals surface area contributed by atoms with E-state index in [9.17, 15) is 5.11 Å². The van der Waals surface area contributed by atoms with E-state index >= 15 is 0 Å². The van der Waals surface area contributed by atoms with Gasteiger partial charge in [0, 0.05) is 17.7 Å². The van der Waals surface area contributed by atoms with E-state index in [4.69, 9.17) is 4.84 Å². The van der Waals surface area contributed by atoms with Crippen molar-refractivity contribution >= 4 is 16.5 Å². The van der Waals surface area contributed by atoms with Crippen LogP contribution in [0.4, 0.5) is 0 Å². The quantitative estimate of drug-likeness (QED) is 0.357. The highest BCUT2D eigenvalue weighted by Crippen LogP contribution is 2.22. The lowest BCUT2D eigenvalue weighted by molar-refractivity contribution is 0.119. The van der Waals surface area contributed by atoms with E-state index in [-0.39, 0.29) is 14.0 Å². The highest BCUT2D eigenvalue weighted by molar-refractivity contribution is 6.19. The Morgan fingerprint density at radius 3 is 2.41 bits per heavy atom. The molecular weight excluding hydrogens is 360 g/mol. The van der Waals surface area contributed by atoms with Crippen molar-refractivity contribution in [2.24, 2.45) is 5.16 Å². The number of rotatable bonds is 7. The molecule has 3 aromatic carbocycles. The van der Waals surface area contributed by atoms with E-state index in [0.717, 1.165) is 47.4 Å². The van der Waals surface area contributed by atoms with Crippen LogP contribution in [0, 0.1) is 0 Å². The fourth-order valence-electron chi connectivity index (χ4n) is 3.74. The Morgan fingerprint density at radius 2 is 1.66 bits per heavy atom. The highest BCUT2D eigenvalue weighted by Gasteiger charge is 2.13. The molecule has 0 spiro atoms. The average Bonchev–Trinajstić information content (AvgIpc) is 3.27. The maximum absolute atomic E-state index is 9.34. The number of nitrogens with zero attached hydrogens (tertiary/aromatic N) is 2. The first kappa shape index (κ1) is 21.0. The van der Waals surface area contributed by atoms with Crippen LogP contribution in [0.5, 0.6) is 0 Å². The van der Waals surface area contributed by atoms with Gasteiger partial charge < -0.3 is 9.94 Å². The van der Waals surface area contributed by atoms with Crippen LogP contribution in [0.2, 0.25) is 0 Å². The zero-order valence-electron chi connectivity index (χ0n) is 16.1. The second kappa shape index (κ2) is 10.2. The topological polar surface area (TPSA) is 45.1 Å². The standard InChI is InChI=1S/C24H26N2O2.CH4/c27-18-19-10-12-21(13-11-19)24(25-28-17-16-26-14-3-4-15-26)23-9-5-7-20-6-1-2-8-22(20)23;/h1-2,5-13,27H,3-4,14-18H2;1H4/b25-24-;. The van der Waals surface area contributed by atoms with Crippen molar-refractivity contribution in [3.63, 3.8) is 0 Å². The maximum atomic E-state index is 9.34. The van der Waals surface area contributed by atoms with Crippen molar-refractivity contribution in [3.8, 4) is 0 Å². The first-order valence-electron chi connectivity index (χ1n) is 9.96. The number of hydrogen-bond donors (Lipinski definition) is 1. The van der Waals surface area contributed by atoms with Gasteiger partial charge in [-0.25, -0.2) is 0 Å². The SMILES string of the molecule is C.OCc1ccc(/C(=N/OCCN2CCCC2)c2cccc3ccccc23)cc1. The van der Waals surface area contributed by atoms with E-state index in [1.165, 1.54) is 18.2 Å². The van der Waals surface area contributed by atoms with E-state index in [0.29, 0.717) is 6.61 Å². The predicted octanol–water partition coefficient (Wildman–Crippen LogP) is 4.83. The van der Waals surface area contributed by atoms with Crippen LogP contribution in [0.15, 0.2) is 71.9 Å². The van der Waals surface area contributed by atoms with Crippen molar-refractivity contribution < 1.29 is 9.94 Å². The van der Waals surface area contributed by atoms with Gasteiger partial charge >= 0.3 is 0 Å². The lowest BCUT2D eigenvalue weighted by Gasteiger charge is -2.14. The first-order chi connectivity index (χ1) is 13.8. The lowest BCUT2D eigenvalue weighted by atomic mass is 9.96. The molecule has 0 aliphatic carbocycles. The third kappa shape index (κ3) is 5.03. The molecule has 0 amide bonds. The summed E-state index contributed by atoms with van der Waals surface area (Å²) >= 11 is 0. The monoisotopic (exact) mass is 390 g/mol. The fraction of sp³-hybridized carbons (Fsp3) is 0.320. The summed E-state index contributed by atoms with van der Waals surface area (Å²) in [4.78, 5) is 8.19. The molecule has 0 radical (unpaired) electrons. The Kier molecular flexibility index (Phi) is 7.39. The molecule has 0 saturated carbocycles. The molecule has 29 heavy (non-hydrogen) atoms. The van der Waals surface area contributed by atoms with Crippen LogP contribution in [0.25, 0.3) is 10.8 Å². The Hall–Kier alpha value is -2.69. The third-order valence-corrected chi connectivity index (χ3v) is 5.31. The number of aliphatic hydroxyl groups is 1. The van der Waals surface area contributed by atoms with Gasteiger partial charge in [-0.1, -0.05) is 79.3 Å². The van der Waals surface area contributed by atoms with Crippen molar-refractivity contribution in [3.05, 3.63) is 83.4 Å². The molecule has 4 heteroatoms. The minimum Gasteiger partial charge on any atom is -0.394 e. The van der Waals surface area contributed by atoms with Crippen LogP contribution in [-0.2, 0) is 11.4 Å². The van der Waals surface area contributed by atoms with Gasteiger partial charge in [0.05, 0.1) is 6.61 Å². The molecule has 0 bridgehead atoms. The number of benzene rings is 3. The van der Waals surface area contributed by atoms with Gasteiger partial charge in [0.15, 0.2) is 0 Å². The van der Waals surface area contributed by atoms with Crippen molar-refractivity contribution in [1.82, 2.24) is 4.90 Å². The Balaban J connectivity index is 0.00000240. The first-order valence-corrected chi connectivity index (χ1v) is 9.96. The van der Waals surface area contributed by atoms with Gasteiger partial charge in [0.1, 0.15) is 12.3 Å². The predicted molar refractivity (Wildman–Crippen MR) is 120 cm³/mol. The Labute approximate surface area is 173 Å². The molecule has 4 rings (SSSR count). The second-order valence-electron chi connectivity index (χ2n) is 7.20. The largest absolute Gasteiger partial charge is 0.394 e. The summed E-state index contributed by atoms with van der Waals surface area (Å²) in [7, 11) is 0. The van der Waals surface area contributed by atoms with Crippen molar-refractivity contribution in [2.75, 3.05) is 26.2 Å². The summed E-state index contributed by atoms with van der Waals surface area (Å²) in [6.07, 6.45) is 2.56. The summed E-state index contributed by atoms with van der Waals surface area (Å²) in [5.41, 5.74) is 3.74. The maximum Gasteiger partial charge on any atom is 0.129 e. The average molecular weight is 391 g/mol. The number of fused-ring (bicyclic) bond motifs is 1. The molecule has 1 saturated heterocycles. The zero-order valence-corrected chi connectivity index (χ0v) is 16.1. The summed E-state index contributed by atoms with van der Waals surface area (Å²) in [6.45, 7) is 3.85. The number of aliphatic hydroxyl groups excluding tert-OH is 1. The van der Waals surface area contributed by atoms with Gasteiger partial charge in [-0.05, 0) is 42.3 Å². The number of oxime groups is 1. The van der Waals surface area contributed by atoms with Gasteiger partial charge in [0.2, 0.25) is 0 Å². The molecule has 1 heterocycles. The zero-order chi connectivity index (χ0) is 19.2. The van der Waals surface area contributed by atoms with Crippen LogP contribution >= 0.6 is 0 Å². The van der Waals surface area contributed by atoms with Crippen LogP contribution in [0.3, 0.4) is 0 Å². The third-order valence-electron chi connectivity index (χ3n) is 5.31. The van der Waals surface area contributed by atoms with Crippen LogP contribution < -0.4 is 0 Å². The van der Waals surface area contributed by atoms with Crippen LogP contribution in [0.1, 0.15) is 37.0 Å². The molecule has 0 aromatic heterocycles.